The van der Waals surface area contributed by atoms with Crippen molar-refractivity contribution in [2.75, 3.05) is 4.72 Å². The lowest BCUT2D eigenvalue weighted by atomic mass is 10.2. The van der Waals surface area contributed by atoms with E-state index in [9.17, 15) is 13.2 Å². The van der Waals surface area contributed by atoms with Crippen LogP contribution in [0.5, 0.6) is 0 Å². The summed E-state index contributed by atoms with van der Waals surface area (Å²) < 4.78 is 27.0. The number of pyridine rings is 1. The van der Waals surface area contributed by atoms with Gasteiger partial charge in [-0.15, -0.1) is 0 Å². The van der Waals surface area contributed by atoms with Crippen molar-refractivity contribution in [1.29, 1.82) is 0 Å². The van der Waals surface area contributed by atoms with Crippen molar-refractivity contribution in [2.24, 2.45) is 0 Å². The van der Waals surface area contributed by atoms with Gasteiger partial charge >= 0.3 is 5.97 Å². The van der Waals surface area contributed by atoms with Crippen LogP contribution in [0.2, 0.25) is 0 Å². The Labute approximate surface area is 123 Å². The van der Waals surface area contributed by atoms with Crippen molar-refractivity contribution in [3.63, 3.8) is 0 Å². The highest BCUT2D eigenvalue weighted by atomic mass is 79.9. The molecule has 0 bridgehead atoms. The second-order valence-electron chi connectivity index (χ2n) is 3.77. The number of nitrogens with one attached hydrogen (secondary N) is 1. The maximum absolute atomic E-state index is 12.2. The van der Waals surface area contributed by atoms with Gasteiger partial charge < -0.3 is 5.11 Å². The van der Waals surface area contributed by atoms with Crippen LogP contribution < -0.4 is 4.72 Å². The summed E-state index contributed by atoms with van der Waals surface area (Å²) in [6, 6.07) is 8.54. The van der Waals surface area contributed by atoms with Gasteiger partial charge in [0.2, 0.25) is 0 Å². The Bertz CT molecular complexity index is 747. The van der Waals surface area contributed by atoms with Gasteiger partial charge in [-0.2, -0.15) is 0 Å². The van der Waals surface area contributed by atoms with Gasteiger partial charge in [0.1, 0.15) is 10.7 Å². The summed E-state index contributed by atoms with van der Waals surface area (Å²) in [6.45, 7) is 0. The Morgan fingerprint density at radius 2 is 2.00 bits per heavy atom. The fraction of sp³-hybridized carbons (Fsp3) is 0. The summed E-state index contributed by atoms with van der Waals surface area (Å²) in [5.74, 6) is -1.05. The predicted octanol–water partition coefficient (Wildman–Crippen LogP) is 2.34. The average Bonchev–Trinajstić information content (AvgIpc) is 2.39. The molecule has 6 nitrogen and oxygen atoms in total. The number of aromatic carboxylic acids is 1. The topological polar surface area (TPSA) is 96.4 Å². The Morgan fingerprint density at radius 1 is 1.25 bits per heavy atom. The molecule has 0 aliphatic heterocycles. The monoisotopic (exact) mass is 356 g/mol. The number of halogens is 1. The molecule has 0 fully saturated rings. The minimum absolute atomic E-state index is 0.116. The van der Waals surface area contributed by atoms with Gasteiger partial charge in [-0.3, -0.25) is 4.72 Å². The van der Waals surface area contributed by atoms with E-state index in [4.69, 9.17) is 5.11 Å². The van der Waals surface area contributed by atoms with E-state index < -0.39 is 16.0 Å². The molecule has 0 amide bonds. The molecule has 0 unspecified atom stereocenters. The molecule has 1 aromatic carbocycles. The van der Waals surface area contributed by atoms with Gasteiger partial charge in [-0.25, -0.2) is 18.2 Å². The minimum atomic E-state index is -3.92. The highest BCUT2D eigenvalue weighted by Crippen LogP contribution is 2.25. The fourth-order valence-corrected chi connectivity index (χ4v) is 3.46. The van der Waals surface area contributed by atoms with Gasteiger partial charge in [0, 0.05) is 10.7 Å². The van der Waals surface area contributed by atoms with Crippen LogP contribution >= 0.6 is 15.9 Å². The van der Waals surface area contributed by atoms with Crippen LogP contribution in [0.25, 0.3) is 0 Å². The number of hydrogen-bond acceptors (Lipinski definition) is 4. The third kappa shape index (κ3) is 3.14. The highest BCUT2D eigenvalue weighted by Gasteiger charge is 2.20. The molecule has 2 aromatic rings. The molecular formula is C12H9BrN2O4S. The lowest BCUT2D eigenvalue weighted by Crippen LogP contribution is -2.15. The van der Waals surface area contributed by atoms with Crippen molar-refractivity contribution in [3.05, 3.63) is 52.6 Å². The van der Waals surface area contributed by atoms with Crippen molar-refractivity contribution >= 4 is 37.7 Å². The standard InChI is InChI=1S/C12H9BrN2O4S/c13-9-5-4-8(12(16)17)7-10(9)20(18,19)15-11-3-1-2-6-14-11/h1-7H,(H,14,15)(H,16,17). The van der Waals surface area contributed by atoms with Crippen LogP contribution in [0.3, 0.4) is 0 Å². The lowest BCUT2D eigenvalue weighted by Gasteiger charge is -2.09. The first kappa shape index (κ1) is 14.5. The van der Waals surface area contributed by atoms with Crippen molar-refractivity contribution in [1.82, 2.24) is 4.98 Å². The quantitative estimate of drug-likeness (QED) is 0.876. The third-order valence-electron chi connectivity index (χ3n) is 2.37. The van der Waals surface area contributed by atoms with Gasteiger partial charge in [0.25, 0.3) is 10.0 Å². The number of hydrogen-bond donors (Lipinski definition) is 2. The van der Waals surface area contributed by atoms with Gasteiger partial charge in [-0.1, -0.05) is 6.07 Å². The Morgan fingerprint density at radius 3 is 2.60 bits per heavy atom. The van der Waals surface area contributed by atoms with E-state index in [-0.39, 0.29) is 20.7 Å². The maximum Gasteiger partial charge on any atom is 0.335 e. The molecule has 20 heavy (non-hydrogen) atoms. The van der Waals surface area contributed by atoms with E-state index in [1.165, 1.54) is 24.4 Å². The number of anilines is 1. The van der Waals surface area contributed by atoms with E-state index in [2.05, 4.69) is 25.6 Å². The second kappa shape index (κ2) is 5.59. The molecule has 0 radical (unpaired) electrons. The highest BCUT2D eigenvalue weighted by molar-refractivity contribution is 9.10. The fourth-order valence-electron chi connectivity index (χ4n) is 1.46. The third-order valence-corrected chi connectivity index (χ3v) is 4.72. The summed E-state index contributed by atoms with van der Waals surface area (Å²) in [6.07, 6.45) is 1.45. The van der Waals surface area contributed by atoms with Crippen LogP contribution in [0.4, 0.5) is 5.82 Å². The molecule has 1 heterocycles. The lowest BCUT2D eigenvalue weighted by molar-refractivity contribution is 0.0696. The number of carboxylic acid groups (broad SMARTS) is 1. The Hall–Kier alpha value is -1.93. The zero-order valence-corrected chi connectivity index (χ0v) is 12.3. The summed E-state index contributed by atoms with van der Waals surface area (Å²) in [7, 11) is -3.92. The summed E-state index contributed by atoms with van der Waals surface area (Å²) >= 11 is 3.10. The normalized spacial score (nSPS) is 11.1. The SMILES string of the molecule is O=C(O)c1ccc(Br)c(S(=O)(=O)Nc2ccccn2)c1. The minimum Gasteiger partial charge on any atom is -0.478 e. The molecule has 0 aliphatic carbocycles. The molecule has 104 valence electrons. The number of rotatable bonds is 4. The number of sulfonamides is 1. The summed E-state index contributed by atoms with van der Waals surface area (Å²) in [5, 5.41) is 8.91. The molecule has 1 aromatic heterocycles. The molecule has 2 N–H and O–H groups in total. The van der Waals surface area contributed by atoms with Crippen LogP contribution in [0.15, 0.2) is 52.0 Å². The molecule has 0 aliphatic rings. The number of benzene rings is 1. The van der Waals surface area contributed by atoms with E-state index in [0.29, 0.717) is 0 Å². The first-order valence-electron chi connectivity index (χ1n) is 5.37. The first-order valence-corrected chi connectivity index (χ1v) is 7.64. The molecule has 0 atom stereocenters. The van der Waals surface area contributed by atoms with Crippen molar-refractivity contribution in [2.45, 2.75) is 4.90 Å². The maximum atomic E-state index is 12.2. The smallest absolute Gasteiger partial charge is 0.335 e. The van der Waals surface area contributed by atoms with Crippen molar-refractivity contribution < 1.29 is 18.3 Å². The molecular weight excluding hydrogens is 348 g/mol. The molecule has 0 saturated heterocycles. The number of carbonyl (C=O) groups is 1. The van der Waals surface area contributed by atoms with Crippen LogP contribution in [-0.2, 0) is 10.0 Å². The van der Waals surface area contributed by atoms with E-state index in [1.807, 2.05) is 0 Å². The first-order chi connectivity index (χ1) is 9.40. The Kier molecular flexibility index (Phi) is 4.05. The summed E-state index contributed by atoms with van der Waals surface area (Å²) in [4.78, 5) is 14.6. The molecule has 0 spiro atoms. The predicted molar refractivity (Wildman–Crippen MR) is 76.1 cm³/mol. The summed E-state index contributed by atoms with van der Waals surface area (Å²) in [5.41, 5.74) is -0.116. The van der Waals surface area contributed by atoms with Crippen LogP contribution in [-0.4, -0.2) is 24.5 Å². The number of aromatic nitrogens is 1. The number of nitrogens with zero attached hydrogens (tertiary/aromatic N) is 1. The van der Waals surface area contributed by atoms with E-state index >= 15 is 0 Å². The number of carboxylic acids is 1. The van der Waals surface area contributed by atoms with E-state index in [0.717, 1.165) is 6.07 Å². The van der Waals surface area contributed by atoms with Gasteiger partial charge in [-0.05, 0) is 46.3 Å². The van der Waals surface area contributed by atoms with Crippen LogP contribution in [0.1, 0.15) is 10.4 Å². The van der Waals surface area contributed by atoms with Gasteiger partial charge in [0.15, 0.2) is 0 Å². The average molecular weight is 357 g/mol. The molecule has 8 heteroatoms. The zero-order valence-electron chi connectivity index (χ0n) is 9.95. The van der Waals surface area contributed by atoms with E-state index in [1.54, 1.807) is 12.1 Å². The largest absolute Gasteiger partial charge is 0.478 e. The second-order valence-corrected chi connectivity index (χ2v) is 6.28. The molecule has 0 saturated carbocycles. The van der Waals surface area contributed by atoms with Crippen LogP contribution in [0, 0.1) is 0 Å². The van der Waals surface area contributed by atoms with Crippen molar-refractivity contribution in [3.8, 4) is 0 Å². The Balaban J connectivity index is 2.44. The molecule has 2 rings (SSSR count). The van der Waals surface area contributed by atoms with Gasteiger partial charge in [0.05, 0.1) is 5.56 Å². The zero-order chi connectivity index (χ0) is 14.8.